The summed E-state index contributed by atoms with van der Waals surface area (Å²) in [6.07, 6.45) is 0. The number of nitrogens with zero attached hydrogens (tertiary/aromatic N) is 2. The highest BCUT2D eigenvalue weighted by Gasteiger charge is 2.14. The fraction of sp³-hybridized carbons (Fsp3) is 0.0667. The lowest BCUT2D eigenvalue weighted by Crippen LogP contribution is -2.06. The summed E-state index contributed by atoms with van der Waals surface area (Å²) in [5.41, 5.74) is 1.85. The predicted molar refractivity (Wildman–Crippen MR) is 74.1 cm³/mol. The first-order chi connectivity index (χ1) is 10.1. The van der Waals surface area contributed by atoms with Gasteiger partial charge in [-0.2, -0.15) is 5.10 Å². The molecule has 0 saturated carbocycles. The van der Waals surface area contributed by atoms with Gasteiger partial charge in [0.05, 0.1) is 18.3 Å². The maximum Gasteiger partial charge on any atom is 0.354 e. The number of halogens is 1. The Morgan fingerprint density at radius 2 is 1.95 bits per heavy atom. The SMILES string of the molecule is COc1cc(C(=O)O)n2nc(-c3ccc(F)cc3)cc2c1. The van der Waals surface area contributed by atoms with Crippen LogP contribution in [0.2, 0.25) is 0 Å². The molecule has 0 atom stereocenters. The van der Waals surface area contributed by atoms with Gasteiger partial charge in [0.2, 0.25) is 0 Å². The van der Waals surface area contributed by atoms with E-state index in [0.717, 1.165) is 0 Å². The Balaban J connectivity index is 2.21. The lowest BCUT2D eigenvalue weighted by atomic mass is 10.1. The van der Waals surface area contributed by atoms with E-state index in [1.165, 1.54) is 29.8 Å². The third-order valence-electron chi connectivity index (χ3n) is 3.13. The second-order valence-electron chi connectivity index (χ2n) is 4.46. The van der Waals surface area contributed by atoms with Crippen LogP contribution < -0.4 is 4.74 Å². The summed E-state index contributed by atoms with van der Waals surface area (Å²) < 4.78 is 19.4. The van der Waals surface area contributed by atoms with Gasteiger partial charge in [-0.25, -0.2) is 13.7 Å². The number of ether oxygens (including phenoxy) is 1. The zero-order valence-corrected chi connectivity index (χ0v) is 11.1. The highest BCUT2D eigenvalue weighted by molar-refractivity contribution is 5.87. The minimum Gasteiger partial charge on any atom is -0.497 e. The smallest absolute Gasteiger partial charge is 0.354 e. The molecule has 3 rings (SSSR count). The second-order valence-corrected chi connectivity index (χ2v) is 4.46. The number of methoxy groups -OCH3 is 1. The fourth-order valence-electron chi connectivity index (χ4n) is 2.11. The summed E-state index contributed by atoms with van der Waals surface area (Å²) in [7, 11) is 1.47. The average molecular weight is 286 g/mol. The summed E-state index contributed by atoms with van der Waals surface area (Å²) in [4.78, 5) is 11.3. The lowest BCUT2D eigenvalue weighted by Gasteiger charge is -2.03. The maximum absolute atomic E-state index is 13.0. The Kier molecular flexibility index (Phi) is 3.06. The zero-order chi connectivity index (χ0) is 15.0. The molecule has 1 aromatic carbocycles. The highest BCUT2D eigenvalue weighted by Crippen LogP contribution is 2.24. The largest absolute Gasteiger partial charge is 0.497 e. The number of hydrogen-bond acceptors (Lipinski definition) is 3. The predicted octanol–water partition coefficient (Wildman–Crippen LogP) is 2.85. The quantitative estimate of drug-likeness (QED) is 0.804. The molecule has 5 nitrogen and oxygen atoms in total. The van der Waals surface area contributed by atoms with Crippen LogP contribution in [0.5, 0.6) is 5.75 Å². The number of aromatic nitrogens is 2. The van der Waals surface area contributed by atoms with Crippen LogP contribution in [0, 0.1) is 5.82 Å². The van der Waals surface area contributed by atoms with E-state index >= 15 is 0 Å². The molecule has 0 amide bonds. The van der Waals surface area contributed by atoms with Gasteiger partial charge in [-0.1, -0.05) is 0 Å². The van der Waals surface area contributed by atoms with Gasteiger partial charge in [0.15, 0.2) is 5.69 Å². The average Bonchev–Trinajstić information content (AvgIpc) is 2.90. The minimum absolute atomic E-state index is 0.00212. The van der Waals surface area contributed by atoms with Gasteiger partial charge < -0.3 is 9.84 Å². The van der Waals surface area contributed by atoms with Crippen molar-refractivity contribution in [3.63, 3.8) is 0 Å². The van der Waals surface area contributed by atoms with Gasteiger partial charge in [0.1, 0.15) is 11.6 Å². The zero-order valence-electron chi connectivity index (χ0n) is 11.1. The Morgan fingerprint density at radius 1 is 1.24 bits per heavy atom. The molecule has 3 aromatic rings. The molecule has 0 fully saturated rings. The van der Waals surface area contributed by atoms with E-state index in [0.29, 0.717) is 22.5 Å². The van der Waals surface area contributed by atoms with Gasteiger partial charge in [0.25, 0.3) is 0 Å². The molecular formula is C15H11FN2O3. The van der Waals surface area contributed by atoms with E-state index in [2.05, 4.69) is 5.10 Å². The molecule has 106 valence electrons. The molecule has 6 heteroatoms. The topological polar surface area (TPSA) is 63.8 Å². The Hall–Kier alpha value is -2.89. The molecular weight excluding hydrogens is 275 g/mol. The summed E-state index contributed by atoms with van der Waals surface area (Å²) >= 11 is 0. The summed E-state index contributed by atoms with van der Waals surface area (Å²) in [5, 5.41) is 13.5. The van der Waals surface area contributed by atoms with Crippen LogP contribution in [0.1, 0.15) is 10.5 Å². The molecule has 0 radical (unpaired) electrons. The molecule has 0 aliphatic rings. The van der Waals surface area contributed by atoms with Crippen molar-refractivity contribution >= 4 is 11.5 Å². The Morgan fingerprint density at radius 3 is 2.57 bits per heavy atom. The molecule has 0 aliphatic heterocycles. The first-order valence-corrected chi connectivity index (χ1v) is 6.15. The maximum atomic E-state index is 13.0. The first kappa shape index (κ1) is 13.1. The third-order valence-corrected chi connectivity index (χ3v) is 3.13. The lowest BCUT2D eigenvalue weighted by molar-refractivity contribution is 0.0687. The number of pyridine rings is 1. The monoisotopic (exact) mass is 286 g/mol. The van der Waals surface area contributed by atoms with Crippen LogP contribution in [-0.2, 0) is 0 Å². The van der Waals surface area contributed by atoms with Crippen molar-refractivity contribution < 1.29 is 19.0 Å². The normalized spacial score (nSPS) is 10.8. The van der Waals surface area contributed by atoms with Crippen molar-refractivity contribution in [1.82, 2.24) is 9.61 Å². The van der Waals surface area contributed by atoms with Crippen molar-refractivity contribution in [2.24, 2.45) is 0 Å². The minimum atomic E-state index is -1.10. The van der Waals surface area contributed by atoms with E-state index in [4.69, 9.17) is 4.74 Å². The van der Waals surface area contributed by atoms with Crippen molar-refractivity contribution in [1.29, 1.82) is 0 Å². The van der Waals surface area contributed by atoms with Gasteiger partial charge in [-0.05, 0) is 30.3 Å². The Bertz CT molecular complexity index is 825. The number of fused-ring (bicyclic) bond motifs is 1. The van der Waals surface area contributed by atoms with Crippen LogP contribution in [0.15, 0.2) is 42.5 Å². The molecule has 0 spiro atoms. The van der Waals surface area contributed by atoms with Crippen LogP contribution >= 0.6 is 0 Å². The number of aromatic carboxylic acids is 1. The summed E-state index contributed by atoms with van der Waals surface area (Å²) in [6, 6.07) is 10.7. The number of benzene rings is 1. The molecule has 2 heterocycles. The number of carboxylic acid groups (broad SMARTS) is 1. The van der Waals surface area contributed by atoms with Gasteiger partial charge >= 0.3 is 5.97 Å². The van der Waals surface area contributed by atoms with Crippen LogP contribution in [0.25, 0.3) is 16.8 Å². The van der Waals surface area contributed by atoms with Gasteiger partial charge in [-0.15, -0.1) is 0 Å². The van der Waals surface area contributed by atoms with E-state index < -0.39 is 5.97 Å². The summed E-state index contributed by atoms with van der Waals surface area (Å²) in [5.74, 6) is -1.01. The number of carbonyl (C=O) groups is 1. The van der Waals surface area contributed by atoms with Crippen molar-refractivity contribution in [2.75, 3.05) is 7.11 Å². The van der Waals surface area contributed by atoms with E-state index in [1.807, 2.05) is 0 Å². The Labute approximate surface area is 119 Å². The van der Waals surface area contributed by atoms with Crippen LogP contribution in [0.4, 0.5) is 4.39 Å². The van der Waals surface area contributed by atoms with Gasteiger partial charge in [0, 0.05) is 17.7 Å². The van der Waals surface area contributed by atoms with E-state index in [9.17, 15) is 14.3 Å². The first-order valence-electron chi connectivity index (χ1n) is 6.15. The molecule has 21 heavy (non-hydrogen) atoms. The van der Waals surface area contributed by atoms with Crippen LogP contribution in [0.3, 0.4) is 0 Å². The van der Waals surface area contributed by atoms with Crippen molar-refractivity contribution in [2.45, 2.75) is 0 Å². The molecule has 0 unspecified atom stereocenters. The standard InChI is InChI=1S/C15H11FN2O3/c1-21-12-6-11-7-13(9-2-4-10(16)5-3-9)17-18(11)14(8-12)15(19)20/h2-8H,1H3,(H,19,20). The van der Waals surface area contributed by atoms with E-state index in [1.54, 1.807) is 24.3 Å². The molecule has 2 aromatic heterocycles. The highest BCUT2D eigenvalue weighted by atomic mass is 19.1. The molecule has 0 saturated heterocycles. The molecule has 1 N–H and O–H groups in total. The number of rotatable bonds is 3. The number of carboxylic acids is 1. The molecule has 0 aliphatic carbocycles. The van der Waals surface area contributed by atoms with Crippen molar-refractivity contribution in [3.05, 3.63) is 54.0 Å². The van der Waals surface area contributed by atoms with E-state index in [-0.39, 0.29) is 11.5 Å². The van der Waals surface area contributed by atoms with Crippen LogP contribution in [-0.4, -0.2) is 27.8 Å². The second kappa shape index (κ2) is 4.90. The molecule has 0 bridgehead atoms. The van der Waals surface area contributed by atoms with Gasteiger partial charge in [-0.3, -0.25) is 0 Å². The number of hydrogen-bond donors (Lipinski definition) is 1. The summed E-state index contributed by atoms with van der Waals surface area (Å²) in [6.45, 7) is 0. The fourth-order valence-corrected chi connectivity index (χ4v) is 2.11. The van der Waals surface area contributed by atoms with Crippen molar-refractivity contribution in [3.8, 4) is 17.0 Å². The third kappa shape index (κ3) is 2.31.